The highest BCUT2D eigenvalue weighted by molar-refractivity contribution is 6.25. The second-order valence-corrected chi connectivity index (χ2v) is 12.0. The van der Waals surface area contributed by atoms with E-state index in [1.54, 1.807) is 0 Å². The number of hydrogen-bond acceptors (Lipinski definition) is 1. The van der Waals surface area contributed by atoms with Crippen molar-refractivity contribution in [3.8, 4) is 44.9 Å². The summed E-state index contributed by atoms with van der Waals surface area (Å²) in [7, 11) is 0. The molecular formula is C44H26O. The fourth-order valence-electron chi connectivity index (χ4n) is 7.63. The molecule has 0 unspecified atom stereocenters. The highest BCUT2D eigenvalue weighted by Crippen LogP contribution is 2.49. The van der Waals surface area contributed by atoms with Gasteiger partial charge in [0.1, 0.15) is 11.5 Å². The van der Waals surface area contributed by atoms with Gasteiger partial charge in [0.05, 0.1) is 0 Å². The van der Waals surface area contributed by atoms with Crippen molar-refractivity contribution in [2.45, 2.75) is 0 Å². The van der Waals surface area contributed by atoms with Crippen LogP contribution in [0, 0.1) is 0 Å². The van der Waals surface area contributed by atoms with Crippen LogP contribution < -0.4 is 4.74 Å². The van der Waals surface area contributed by atoms with Crippen molar-refractivity contribution >= 4 is 53.9 Å². The van der Waals surface area contributed by atoms with Crippen LogP contribution in [0.3, 0.4) is 0 Å². The molecule has 0 atom stereocenters. The molecule has 0 radical (unpaired) electrons. The third-order valence-electron chi connectivity index (χ3n) is 9.61. The molecule has 0 spiro atoms. The Morgan fingerprint density at radius 3 is 1.91 bits per heavy atom. The molecular weight excluding hydrogens is 544 g/mol. The van der Waals surface area contributed by atoms with Crippen molar-refractivity contribution in [1.82, 2.24) is 0 Å². The van der Waals surface area contributed by atoms with Crippen molar-refractivity contribution < 1.29 is 4.74 Å². The SMILES string of the molecule is c1ccc2c(-c3c4ccccc4cc4ccc5c(-c6ccc7c(c6)-c6cccc8cccc(c68)O7)cccc5c34)cccc2c1. The summed E-state index contributed by atoms with van der Waals surface area (Å²) in [6.07, 6.45) is 0. The van der Waals surface area contributed by atoms with Gasteiger partial charge in [-0.3, -0.25) is 0 Å². The highest BCUT2D eigenvalue weighted by Gasteiger charge is 2.21. The lowest BCUT2D eigenvalue weighted by Gasteiger charge is -2.22. The van der Waals surface area contributed by atoms with E-state index in [1.165, 1.54) is 81.7 Å². The Morgan fingerprint density at radius 1 is 0.311 bits per heavy atom. The van der Waals surface area contributed by atoms with E-state index in [0.29, 0.717) is 0 Å². The minimum atomic E-state index is 0.903. The van der Waals surface area contributed by atoms with E-state index in [-0.39, 0.29) is 0 Å². The summed E-state index contributed by atoms with van der Waals surface area (Å²) >= 11 is 0. The Morgan fingerprint density at radius 2 is 1.00 bits per heavy atom. The molecule has 0 saturated carbocycles. The molecule has 0 amide bonds. The summed E-state index contributed by atoms with van der Waals surface area (Å²) in [6.45, 7) is 0. The molecule has 9 aromatic carbocycles. The van der Waals surface area contributed by atoms with E-state index in [4.69, 9.17) is 4.74 Å². The number of fused-ring (bicyclic) bond motifs is 7. The van der Waals surface area contributed by atoms with Crippen molar-refractivity contribution in [2.24, 2.45) is 0 Å². The summed E-state index contributed by atoms with van der Waals surface area (Å²) < 4.78 is 6.43. The van der Waals surface area contributed by atoms with E-state index >= 15 is 0 Å². The molecule has 1 nitrogen and oxygen atoms in total. The van der Waals surface area contributed by atoms with Crippen molar-refractivity contribution in [2.75, 3.05) is 0 Å². The zero-order chi connectivity index (χ0) is 29.5. The van der Waals surface area contributed by atoms with Gasteiger partial charge in [0.2, 0.25) is 0 Å². The van der Waals surface area contributed by atoms with Gasteiger partial charge in [0.25, 0.3) is 0 Å². The molecule has 0 bridgehead atoms. The fourth-order valence-corrected chi connectivity index (χ4v) is 7.63. The van der Waals surface area contributed by atoms with Crippen LogP contribution in [0.4, 0.5) is 0 Å². The quantitative estimate of drug-likeness (QED) is 0.148. The van der Waals surface area contributed by atoms with Crippen LogP contribution in [0.2, 0.25) is 0 Å². The van der Waals surface area contributed by atoms with Crippen LogP contribution in [-0.4, -0.2) is 0 Å². The minimum Gasteiger partial charge on any atom is -0.456 e. The summed E-state index contributed by atoms with van der Waals surface area (Å²) in [5.74, 6) is 1.83. The van der Waals surface area contributed by atoms with Gasteiger partial charge in [0.15, 0.2) is 0 Å². The number of hydrogen-bond donors (Lipinski definition) is 0. The van der Waals surface area contributed by atoms with E-state index in [0.717, 1.165) is 17.1 Å². The summed E-state index contributed by atoms with van der Waals surface area (Å²) in [6, 6.07) is 57.4. The number of benzene rings is 9. The first-order valence-electron chi connectivity index (χ1n) is 15.5. The Hall–Kier alpha value is -5.92. The minimum absolute atomic E-state index is 0.903. The summed E-state index contributed by atoms with van der Waals surface area (Å²) in [5, 5.41) is 12.5. The lowest BCUT2D eigenvalue weighted by molar-refractivity contribution is 0.487. The Labute approximate surface area is 260 Å². The molecule has 1 heterocycles. The molecule has 0 N–H and O–H groups in total. The topological polar surface area (TPSA) is 9.23 Å². The Bertz CT molecular complexity index is 2670. The summed E-state index contributed by atoms with van der Waals surface area (Å²) in [4.78, 5) is 0. The van der Waals surface area contributed by atoms with E-state index in [2.05, 4.69) is 158 Å². The predicted octanol–water partition coefficient (Wildman–Crippen LogP) is 12.6. The smallest absolute Gasteiger partial charge is 0.135 e. The van der Waals surface area contributed by atoms with Crippen molar-refractivity contribution in [3.63, 3.8) is 0 Å². The van der Waals surface area contributed by atoms with E-state index < -0.39 is 0 Å². The van der Waals surface area contributed by atoms with Gasteiger partial charge in [-0.05, 0) is 101 Å². The van der Waals surface area contributed by atoms with Gasteiger partial charge < -0.3 is 4.74 Å². The van der Waals surface area contributed by atoms with Gasteiger partial charge in [-0.15, -0.1) is 0 Å². The zero-order valence-electron chi connectivity index (χ0n) is 24.4. The average Bonchev–Trinajstić information content (AvgIpc) is 3.10. The van der Waals surface area contributed by atoms with Gasteiger partial charge in [-0.2, -0.15) is 0 Å². The van der Waals surface area contributed by atoms with Crippen LogP contribution in [0.15, 0.2) is 158 Å². The second-order valence-electron chi connectivity index (χ2n) is 12.0. The Balaban J connectivity index is 1.27. The van der Waals surface area contributed by atoms with Crippen LogP contribution in [0.5, 0.6) is 11.5 Å². The lowest BCUT2D eigenvalue weighted by atomic mass is 9.85. The highest BCUT2D eigenvalue weighted by atomic mass is 16.5. The predicted molar refractivity (Wildman–Crippen MR) is 190 cm³/mol. The van der Waals surface area contributed by atoms with Gasteiger partial charge in [-0.25, -0.2) is 0 Å². The zero-order valence-corrected chi connectivity index (χ0v) is 24.4. The maximum atomic E-state index is 6.43. The molecule has 9 aromatic rings. The molecule has 0 aliphatic carbocycles. The molecule has 10 rings (SSSR count). The van der Waals surface area contributed by atoms with E-state index in [9.17, 15) is 0 Å². The number of ether oxygens (including phenoxy) is 1. The first kappa shape index (κ1) is 24.5. The Kier molecular flexibility index (Phi) is 5.06. The van der Waals surface area contributed by atoms with Crippen LogP contribution >= 0.6 is 0 Å². The monoisotopic (exact) mass is 570 g/mol. The molecule has 0 saturated heterocycles. The third kappa shape index (κ3) is 3.56. The van der Waals surface area contributed by atoms with Gasteiger partial charge in [0, 0.05) is 10.9 Å². The maximum absolute atomic E-state index is 6.43. The molecule has 45 heavy (non-hydrogen) atoms. The first-order chi connectivity index (χ1) is 22.3. The molecule has 1 aliphatic heterocycles. The molecule has 0 aromatic heterocycles. The third-order valence-corrected chi connectivity index (χ3v) is 9.61. The van der Waals surface area contributed by atoms with Crippen molar-refractivity contribution in [3.05, 3.63) is 158 Å². The standard InChI is InChI=1S/C44H26O/c1-3-14-32-27(9-1)11-5-17-36(32)44-34-15-4-2-10-29(34)25-31-21-23-35-33(16-8-19-37(35)43(31)44)30-22-24-40-39(26-30)38-18-6-12-28-13-7-20-41(45-40)42(28)38/h1-26H. The molecule has 1 heteroatoms. The average molecular weight is 571 g/mol. The summed E-state index contributed by atoms with van der Waals surface area (Å²) in [5.41, 5.74) is 7.33. The van der Waals surface area contributed by atoms with Crippen molar-refractivity contribution in [1.29, 1.82) is 0 Å². The molecule has 0 fully saturated rings. The number of rotatable bonds is 2. The van der Waals surface area contributed by atoms with E-state index in [1.807, 2.05) is 0 Å². The van der Waals surface area contributed by atoms with Gasteiger partial charge >= 0.3 is 0 Å². The van der Waals surface area contributed by atoms with Crippen LogP contribution in [0.25, 0.3) is 87.2 Å². The normalized spacial score (nSPS) is 12.2. The molecule has 208 valence electrons. The van der Waals surface area contributed by atoms with Gasteiger partial charge in [-0.1, -0.05) is 133 Å². The first-order valence-corrected chi connectivity index (χ1v) is 15.5. The maximum Gasteiger partial charge on any atom is 0.135 e. The van der Waals surface area contributed by atoms with Crippen LogP contribution in [-0.2, 0) is 0 Å². The largest absolute Gasteiger partial charge is 0.456 e. The van der Waals surface area contributed by atoms with Crippen LogP contribution in [0.1, 0.15) is 0 Å². The fraction of sp³-hybridized carbons (Fsp3) is 0. The lowest BCUT2D eigenvalue weighted by Crippen LogP contribution is -1.97. The second kappa shape index (κ2) is 9.29. The molecule has 1 aliphatic rings.